The number of aliphatic hydroxyl groups is 1. The van der Waals surface area contributed by atoms with E-state index >= 15 is 0 Å². The van der Waals surface area contributed by atoms with Crippen LogP contribution in [0, 0.1) is 33.8 Å². The quantitative estimate of drug-likeness (QED) is 0.0779. The van der Waals surface area contributed by atoms with Crippen LogP contribution in [0.25, 0.3) is 17.5 Å². The molecule has 3 aliphatic rings. The van der Waals surface area contributed by atoms with Crippen LogP contribution in [0.2, 0.25) is 0 Å². The van der Waals surface area contributed by atoms with E-state index in [0.29, 0.717) is 12.2 Å². The number of hydrogen-bond donors (Lipinski definition) is 3. The fraction of sp³-hybridized carbons (Fsp3) is 0.549. The summed E-state index contributed by atoms with van der Waals surface area (Å²) >= 11 is 0. The number of ketones is 1. The maximum atomic E-state index is 14.8. The topological polar surface area (TPSA) is 257 Å². The Balaban J connectivity index is 1.42. The predicted octanol–water partition coefficient (Wildman–Crippen LogP) is 6.29. The molecule has 0 radical (unpaired) electrons. The van der Waals surface area contributed by atoms with Gasteiger partial charge in [-0.2, -0.15) is 0 Å². The summed E-state index contributed by atoms with van der Waals surface area (Å²) in [7, 11) is 3.60. The number of Topliss-reactive ketones (excluding diaryl/α,β-unsaturated/α-hetero) is 1. The Kier molecular flexibility index (Phi) is 17.3. The lowest BCUT2D eigenvalue weighted by atomic mass is 9.73. The summed E-state index contributed by atoms with van der Waals surface area (Å²) < 4.78 is 37.8. The first-order valence-electron chi connectivity index (χ1n) is 23.9. The molecule has 3 aromatic rings. The average Bonchev–Trinajstić information content (AvgIpc) is 3.66. The molecule has 0 saturated carbocycles. The number of nitro benzene ring substituents is 1. The van der Waals surface area contributed by atoms with E-state index in [1.807, 2.05) is 36.1 Å². The van der Waals surface area contributed by atoms with Crippen molar-refractivity contribution in [3.05, 3.63) is 94.3 Å². The second kappa shape index (κ2) is 22.8. The molecule has 14 atom stereocenters. The smallest absolute Gasteiger partial charge is 0.408 e. The Labute approximate surface area is 413 Å². The first-order valence-corrected chi connectivity index (χ1v) is 23.9. The van der Waals surface area contributed by atoms with Crippen molar-refractivity contribution < 1.29 is 62.4 Å². The number of esters is 2. The van der Waals surface area contributed by atoms with Crippen molar-refractivity contribution in [3.8, 4) is 11.4 Å². The number of rotatable bonds is 12. The van der Waals surface area contributed by atoms with Gasteiger partial charge in [0.25, 0.3) is 5.69 Å². The lowest BCUT2D eigenvalue weighted by Gasteiger charge is -2.48. The fourth-order valence-corrected chi connectivity index (χ4v) is 10.1. The van der Waals surface area contributed by atoms with Crippen molar-refractivity contribution in [2.45, 2.75) is 135 Å². The molecule has 4 heterocycles. The summed E-state index contributed by atoms with van der Waals surface area (Å²) in [4.78, 5) is 92.0. The van der Waals surface area contributed by atoms with Crippen LogP contribution in [-0.4, -0.2) is 136 Å². The number of nitro groups is 1. The van der Waals surface area contributed by atoms with Gasteiger partial charge in [-0.3, -0.25) is 19.7 Å². The monoisotopic (exact) mass is 986 g/mol. The molecule has 3 saturated heterocycles. The van der Waals surface area contributed by atoms with Gasteiger partial charge < -0.3 is 49.1 Å². The molecule has 71 heavy (non-hydrogen) atoms. The number of alkyl carbamates (subject to hydrolysis) is 2. The largest absolute Gasteiger partial charge is 0.458 e. The number of nitrogens with zero attached hydrogens (tertiary/aromatic N) is 4. The van der Waals surface area contributed by atoms with E-state index in [1.54, 1.807) is 86.2 Å². The minimum atomic E-state index is -1.86. The summed E-state index contributed by atoms with van der Waals surface area (Å²) in [6, 6.07) is 12.5. The van der Waals surface area contributed by atoms with Crippen LogP contribution in [0.4, 0.5) is 15.3 Å². The number of carbonyl (C=O) groups excluding carboxylic acids is 5. The Morgan fingerprint density at radius 2 is 1.66 bits per heavy atom. The highest BCUT2D eigenvalue weighted by molar-refractivity contribution is 5.90. The molecular weight excluding hydrogens is 921 g/mol. The molecular formula is C51H66N6O14. The van der Waals surface area contributed by atoms with Crippen LogP contribution in [0.3, 0.4) is 0 Å². The van der Waals surface area contributed by atoms with Crippen LogP contribution in [-0.2, 0) is 38.0 Å². The third-order valence-electron chi connectivity index (χ3n) is 13.9. The van der Waals surface area contributed by atoms with Crippen LogP contribution < -0.4 is 10.6 Å². The lowest BCUT2D eigenvalue weighted by molar-refractivity contribution is -0.384. The molecule has 6 rings (SSSR count). The number of benzene rings is 2. The zero-order valence-corrected chi connectivity index (χ0v) is 41.8. The number of likely N-dealkylation sites (N-methyl/N-ethyl adjacent to an activating group) is 1. The van der Waals surface area contributed by atoms with Crippen LogP contribution >= 0.6 is 0 Å². The molecule has 20 nitrogen and oxygen atoms in total. The van der Waals surface area contributed by atoms with Crippen LogP contribution in [0.5, 0.6) is 0 Å². The maximum absolute atomic E-state index is 14.8. The van der Waals surface area contributed by atoms with Crippen molar-refractivity contribution in [1.82, 2.24) is 25.5 Å². The predicted molar refractivity (Wildman–Crippen MR) is 257 cm³/mol. The molecule has 384 valence electrons. The molecule has 3 fully saturated rings. The molecule has 3 N–H and O–H groups in total. The number of fused-ring (bicyclic) bond motifs is 1. The third-order valence-corrected chi connectivity index (χ3v) is 13.9. The number of cyclic esters (lactones) is 1. The highest BCUT2D eigenvalue weighted by atomic mass is 16.7. The highest BCUT2D eigenvalue weighted by Crippen LogP contribution is 2.42. The molecule has 0 bridgehead atoms. The molecule has 0 unspecified atom stereocenters. The maximum Gasteiger partial charge on any atom is 0.408 e. The third kappa shape index (κ3) is 12.4. The minimum absolute atomic E-state index is 0.00551. The van der Waals surface area contributed by atoms with E-state index in [0.717, 1.165) is 23.3 Å². The Morgan fingerprint density at radius 3 is 2.28 bits per heavy atom. The van der Waals surface area contributed by atoms with Gasteiger partial charge in [0.15, 0.2) is 17.7 Å². The number of carbonyl (C=O) groups is 5. The van der Waals surface area contributed by atoms with Crippen molar-refractivity contribution >= 4 is 41.7 Å². The lowest BCUT2D eigenvalue weighted by Crippen LogP contribution is -2.61. The van der Waals surface area contributed by atoms with Crippen LogP contribution in [0.1, 0.15) is 90.6 Å². The van der Waals surface area contributed by atoms with Crippen molar-refractivity contribution in [2.24, 2.45) is 23.7 Å². The number of amides is 2. The number of hydrogen-bond acceptors (Lipinski definition) is 17. The van der Waals surface area contributed by atoms with Gasteiger partial charge in [0.2, 0.25) is 0 Å². The minimum Gasteiger partial charge on any atom is -0.458 e. The average molecular weight is 987 g/mol. The SMILES string of the molecule is CC[C@H]1OC(=O)[C@H](C)[C@@H](OC(=O)c2ccc([N+](=O)[O-])cc2)[C@H](C)[C@@H](O[C@@H]2O[C@H](C)C[C@H](N(C)C)[C@H]2O)[C@](C)(OC(=O)NCC=Cc2ccc(-c3ncccn3)cc2)C[C@@H](C)C(=O)[C@H](C)[C@H]2NC(=O)O[C@@]21C. The number of aliphatic hydroxyl groups excluding tert-OH is 1. The molecule has 0 aliphatic carbocycles. The molecule has 3 aliphatic heterocycles. The summed E-state index contributed by atoms with van der Waals surface area (Å²) in [6.45, 7) is 13.1. The van der Waals surface area contributed by atoms with Gasteiger partial charge in [0.1, 0.15) is 35.8 Å². The van der Waals surface area contributed by atoms with E-state index in [-0.39, 0.29) is 36.4 Å². The summed E-state index contributed by atoms with van der Waals surface area (Å²) in [5.41, 5.74) is -2.11. The van der Waals surface area contributed by atoms with E-state index < -0.39 is 113 Å². The normalized spacial score (nSPS) is 32.7. The first kappa shape index (κ1) is 54.0. The standard InChI is InChI=1S/C51H66N6O14/c1-11-38-51(8)42(55-49(63)71-51)30(4)39(58)28(2)27-50(7,70-48(62)54-23-12-14-33-15-17-34(18-16-33)44-52-24-13-25-53-44)43(69-47-40(59)37(56(9)10)26-29(3)66-47)31(5)41(32(6)45(60)67-38)68-46(61)35-19-21-36(22-20-35)57(64)65/h12-22,24-25,28-32,37-38,40-43,47,59H,11,23,26-27H2,1-10H3,(H,54,62)(H,55,63)/t28-,29-,30+,31+,32-,37+,38-,40-,41+,42-,43-,47+,50-,51-/m1/s1. The summed E-state index contributed by atoms with van der Waals surface area (Å²) in [5.74, 6) is -5.95. The Bertz CT molecular complexity index is 2410. The van der Waals surface area contributed by atoms with Gasteiger partial charge >= 0.3 is 24.1 Å². The van der Waals surface area contributed by atoms with Crippen molar-refractivity contribution in [1.29, 1.82) is 0 Å². The molecule has 1 aromatic heterocycles. The zero-order chi connectivity index (χ0) is 51.9. The summed E-state index contributed by atoms with van der Waals surface area (Å²) in [5, 5.41) is 28.9. The van der Waals surface area contributed by atoms with Gasteiger partial charge in [-0.15, -0.1) is 0 Å². The van der Waals surface area contributed by atoms with E-state index in [2.05, 4.69) is 20.6 Å². The molecule has 2 aromatic carbocycles. The number of non-ortho nitro benzene ring substituents is 1. The van der Waals surface area contributed by atoms with Gasteiger partial charge in [-0.05, 0) is 84.8 Å². The zero-order valence-electron chi connectivity index (χ0n) is 41.8. The second-order valence-corrected chi connectivity index (χ2v) is 19.5. The second-order valence-electron chi connectivity index (χ2n) is 19.5. The van der Waals surface area contributed by atoms with Gasteiger partial charge in [-0.25, -0.2) is 24.4 Å². The number of nitrogens with one attached hydrogen (secondary N) is 2. The van der Waals surface area contributed by atoms with Crippen molar-refractivity contribution in [3.63, 3.8) is 0 Å². The molecule has 20 heteroatoms. The van der Waals surface area contributed by atoms with Gasteiger partial charge in [0.05, 0.1) is 28.6 Å². The number of aromatic nitrogens is 2. The van der Waals surface area contributed by atoms with Gasteiger partial charge in [0, 0.05) is 60.4 Å². The van der Waals surface area contributed by atoms with E-state index in [9.17, 15) is 39.2 Å². The Hall–Kier alpha value is -6.35. The molecule has 0 spiro atoms. The first-order chi connectivity index (χ1) is 33.6. The van der Waals surface area contributed by atoms with Gasteiger partial charge in [-0.1, -0.05) is 64.1 Å². The van der Waals surface area contributed by atoms with E-state index in [4.69, 9.17) is 28.4 Å². The van der Waals surface area contributed by atoms with Crippen molar-refractivity contribution in [2.75, 3.05) is 20.6 Å². The van der Waals surface area contributed by atoms with Crippen LogP contribution in [0.15, 0.2) is 73.1 Å². The van der Waals surface area contributed by atoms with E-state index in [1.165, 1.54) is 19.1 Å². The number of ether oxygens (including phenoxy) is 6. The molecule has 2 amide bonds. The fourth-order valence-electron chi connectivity index (χ4n) is 10.1. The Morgan fingerprint density at radius 1 is 1.00 bits per heavy atom. The highest BCUT2D eigenvalue weighted by Gasteiger charge is 2.58. The summed E-state index contributed by atoms with van der Waals surface area (Å²) in [6.07, 6.45) is -1.63.